The van der Waals surface area contributed by atoms with Crippen LogP contribution in [0.25, 0.3) is 0 Å². The summed E-state index contributed by atoms with van der Waals surface area (Å²) >= 11 is 5.70. The molecule has 0 aliphatic carbocycles. The quantitative estimate of drug-likeness (QED) is 0.304. The predicted molar refractivity (Wildman–Crippen MR) is 76.6 cm³/mol. The van der Waals surface area contributed by atoms with Gasteiger partial charge in [-0.25, -0.2) is 4.79 Å². The van der Waals surface area contributed by atoms with E-state index in [0.29, 0.717) is 19.6 Å². The van der Waals surface area contributed by atoms with Crippen molar-refractivity contribution in [2.75, 3.05) is 13.2 Å². The minimum Gasteiger partial charge on any atom is -0.465 e. The van der Waals surface area contributed by atoms with Gasteiger partial charge in [0.2, 0.25) is 0 Å². The van der Waals surface area contributed by atoms with Gasteiger partial charge in [0, 0.05) is 13.0 Å². The molecule has 5 heteroatoms. The largest absolute Gasteiger partial charge is 0.465 e. The van der Waals surface area contributed by atoms with Crippen molar-refractivity contribution in [1.29, 1.82) is 0 Å². The van der Waals surface area contributed by atoms with Crippen molar-refractivity contribution in [1.82, 2.24) is 0 Å². The highest BCUT2D eigenvalue weighted by atomic mass is 35.5. The van der Waals surface area contributed by atoms with Crippen LogP contribution < -0.4 is 0 Å². The summed E-state index contributed by atoms with van der Waals surface area (Å²) in [5.74, 6) is -1.00. The van der Waals surface area contributed by atoms with E-state index in [1.807, 2.05) is 30.3 Å². The van der Waals surface area contributed by atoms with Crippen molar-refractivity contribution in [2.24, 2.45) is 0 Å². The van der Waals surface area contributed by atoms with Crippen LogP contribution in [0.4, 0.5) is 0 Å². The molecule has 1 aromatic carbocycles. The number of halogens is 1. The summed E-state index contributed by atoms with van der Waals surface area (Å²) in [4.78, 5) is 22.9. The standard InChI is InChI=1S/C15H19ClO4/c1-2-20-15(18)14(16)13(17)9-6-10-19-11-12-7-4-3-5-8-12/h3-5,7-8,14H,2,6,9-11H2,1H3/t14-/m1/s1. The average Bonchev–Trinajstić information content (AvgIpc) is 2.47. The second-order valence-electron chi connectivity index (χ2n) is 4.22. The molecule has 0 aromatic heterocycles. The second kappa shape index (κ2) is 9.50. The Morgan fingerprint density at radius 3 is 2.60 bits per heavy atom. The Bertz CT molecular complexity index is 419. The van der Waals surface area contributed by atoms with Crippen LogP contribution in [-0.4, -0.2) is 30.3 Å². The second-order valence-corrected chi connectivity index (χ2v) is 4.66. The number of hydrogen-bond donors (Lipinski definition) is 0. The van der Waals surface area contributed by atoms with Crippen LogP contribution >= 0.6 is 11.6 Å². The van der Waals surface area contributed by atoms with Crippen LogP contribution in [0.2, 0.25) is 0 Å². The number of hydrogen-bond acceptors (Lipinski definition) is 4. The molecule has 20 heavy (non-hydrogen) atoms. The smallest absolute Gasteiger partial charge is 0.331 e. The lowest BCUT2D eigenvalue weighted by Crippen LogP contribution is -2.26. The molecular weight excluding hydrogens is 280 g/mol. The first kappa shape index (κ1) is 16.7. The van der Waals surface area contributed by atoms with Gasteiger partial charge in [0.1, 0.15) is 0 Å². The number of Topliss-reactive ketones (excluding diaryl/α,β-unsaturated/α-hetero) is 1. The van der Waals surface area contributed by atoms with E-state index in [0.717, 1.165) is 5.56 Å². The number of ether oxygens (including phenoxy) is 2. The fourth-order valence-electron chi connectivity index (χ4n) is 1.59. The number of benzene rings is 1. The molecule has 0 saturated heterocycles. The third kappa shape index (κ3) is 6.17. The lowest BCUT2D eigenvalue weighted by Gasteiger charge is -2.08. The Morgan fingerprint density at radius 1 is 1.25 bits per heavy atom. The van der Waals surface area contributed by atoms with Gasteiger partial charge < -0.3 is 9.47 Å². The number of carbonyl (C=O) groups excluding carboxylic acids is 2. The van der Waals surface area contributed by atoms with Crippen LogP contribution in [0.1, 0.15) is 25.3 Å². The fraction of sp³-hybridized carbons (Fsp3) is 0.467. The zero-order valence-corrected chi connectivity index (χ0v) is 12.3. The van der Waals surface area contributed by atoms with Crippen molar-refractivity contribution in [2.45, 2.75) is 31.7 Å². The first-order valence-electron chi connectivity index (χ1n) is 6.60. The van der Waals surface area contributed by atoms with Gasteiger partial charge in [0.15, 0.2) is 11.2 Å². The van der Waals surface area contributed by atoms with Gasteiger partial charge in [-0.2, -0.15) is 0 Å². The van der Waals surface area contributed by atoms with Crippen LogP contribution in [-0.2, 0) is 25.7 Å². The van der Waals surface area contributed by atoms with Crippen molar-refractivity contribution < 1.29 is 19.1 Å². The first-order valence-corrected chi connectivity index (χ1v) is 7.04. The lowest BCUT2D eigenvalue weighted by molar-refractivity contribution is -0.145. The van der Waals surface area contributed by atoms with Gasteiger partial charge in [0.25, 0.3) is 0 Å². The molecule has 0 unspecified atom stereocenters. The summed E-state index contributed by atoms with van der Waals surface area (Å²) in [6, 6.07) is 9.78. The van der Waals surface area contributed by atoms with Gasteiger partial charge in [-0.15, -0.1) is 11.6 Å². The third-order valence-corrected chi connectivity index (χ3v) is 3.02. The molecule has 0 saturated carbocycles. The van der Waals surface area contributed by atoms with Crippen LogP contribution in [0.5, 0.6) is 0 Å². The predicted octanol–water partition coefficient (Wildman–Crippen LogP) is 2.72. The summed E-state index contributed by atoms with van der Waals surface area (Å²) in [6.45, 7) is 2.85. The number of alkyl halides is 1. The number of esters is 1. The Morgan fingerprint density at radius 2 is 1.95 bits per heavy atom. The maximum absolute atomic E-state index is 11.6. The van der Waals surface area contributed by atoms with E-state index in [4.69, 9.17) is 16.3 Å². The van der Waals surface area contributed by atoms with E-state index in [-0.39, 0.29) is 18.8 Å². The highest BCUT2D eigenvalue weighted by Crippen LogP contribution is 2.07. The monoisotopic (exact) mass is 298 g/mol. The first-order chi connectivity index (χ1) is 9.65. The zero-order valence-electron chi connectivity index (χ0n) is 11.5. The Balaban J connectivity index is 2.14. The zero-order chi connectivity index (χ0) is 14.8. The molecule has 0 bridgehead atoms. The normalized spacial score (nSPS) is 11.9. The average molecular weight is 299 g/mol. The minimum atomic E-state index is -1.20. The molecule has 110 valence electrons. The maximum Gasteiger partial charge on any atom is 0.331 e. The molecule has 4 nitrogen and oxygen atoms in total. The van der Waals surface area contributed by atoms with Crippen molar-refractivity contribution in [3.63, 3.8) is 0 Å². The number of rotatable bonds is 9. The summed E-state index contributed by atoms with van der Waals surface area (Å²) in [5.41, 5.74) is 1.08. The Hall–Kier alpha value is -1.39. The van der Waals surface area contributed by atoms with Crippen LogP contribution in [0.3, 0.4) is 0 Å². The molecule has 0 spiro atoms. The number of carbonyl (C=O) groups is 2. The minimum absolute atomic E-state index is 0.210. The lowest BCUT2D eigenvalue weighted by atomic mass is 10.1. The van der Waals surface area contributed by atoms with Crippen molar-refractivity contribution in [3.8, 4) is 0 Å². The summed E-state index contributed by atoms with van der Waals surface area (Å²) in [6.07, 6.45) is 0.746. The van der Waals surface area contributed by atoms with E-state index < -0.39 is 11.3 Å². The van der Waals surface area contributed by atoms with Gasteiger partial charge in [-0.1, -0.05) is 30.3 Å². The Kier molecular flexibility index (Phi) is 7.92. The van der Waals surface area contributed by atoms with Crippen molar-refractivity contribution in [3.05, 3.63) is 35.9 Å². The molecule has 0 N–H and O–H groups in total. The van der Waals surface area contributed by atoms with Crippen LogP contribution in [0, 0.1) is 0 Å². The van der Waals surface area contributed by atoms with E-state index in [1.165, 1.54) is 0 Å². The fourth-order valence-corrected chi connectivity index (χ4v) is 1.76. The molecule has 0 radical (unpaired) electrons. The summed E-state index contributed by atoms with van der Waals surface area (Å²) < 4.78 is 10.1. The van der Waals surface area contributed by atoms with E-state index in [1.54, 1.807) is 6.92 Å². The van der Waals surface area contributed by atoms with Crippen molar-refractivity contribution >= 4 is 23.4 Å². The Labute approximate surface area is 124 Å². The molecule has 0 heterocycles. The van der Waals surface area contributed by atoms with E-state index in [9.17, 15) is 9.59 Å². The molecule has 0 aliphatic rings. The number of ketones is 1. The molecule has 0 amide bonds. The van der Waals surface area contributed by atoms with Gasteiger partial charge in [0.05, 0.1) is 13.2 Å². The van der Waals surface area contributed by atoms with Gasteiger partial charge in [-0.3, -0.25) is 4.79 Å². The molecular formula is C15H19ClO4. The molecule has 1 aromatic rings. The van der Waals surface area contributed by atoms with Gasteiger partial charge >= 0.3 is 5.97 Å². The van der Waals surface area contributed by atoms with Crippen LogP contribution in [0.15, 0.2) is 30.3 Å². The molecule has 1 rings (SSSR count). The molecule has 0 fully saturated rings. The SMILES string of the molecule is CCOC(=O)[C@H](Cl)C(=O)CCCOCc1ccccc1. The van der Waals surface area contributed by atoms with Gasteiger partial charge in [-0.05, 0) is 18.9 Å². The highest BCUT2D eigenvalue weighted by Gasteiger charge is 2.24. The summed E-state index contributed by atoms with van der Waals surface area (Å²) in [7, 11) is 0. The molecule has 1 atom stereocenters. The third-order valence-electron chi connectivity index (χ3n) is 2.60. The molecule has 0 aliphatic heterocycles. The highest BCUT2D eigenvalue weighted by molar-refractivity contribution is 6.41. The van der Waals surface area contributed by atoms with E-state index >= 15 is 0 Å². The summed E-state index contributed by atoms with van der Waals surface area (Å²) in [5, 5.41) is -1.20. The maximum atomic E-state index is 11.6. The van der Waals surface area contributed by atoms with E-state index in [2.05, 4.69) is 4.74 Å². The topological polar surface area (TPSA) is 52.6 Å².